The Bertz CT molecular complexity index is 1410. The number of amides is 1. The first-order valence-corrected chi connectivity index (χ1v) is 11.6. The number of carbonyl (C=O) groups excluding carboxylic acids is 3. The summed E-state index contributed by atoms with van der Waals surface area (Å²) in [6, 6.07) is 20.8. The lowest BCUT2D eigenvalue weighted by molar-refractivity contribution is -0.122. The van der Waals surface area contributed by atoms with Crippen molar-refractivity contribution in [1.82, 2.24) is 0 Å². The van der Waals surface area contributed by atoms with Crippen LogP contribution in [0.2, 0.25) is 0 Å². The van der Waals surface area contributed by atoms with Crippen LogP contribution in [0.5, 0.6) is 5.75 Å². The number of rotatable bonds is 4. The molecule has 6 rings (SSSR count). The molecule has 0 aliphatic carbocycles. The summed E-state index contributed by atoms with van der Waals surface area (Å²) in [4.78, 5) is 43.6. The Morgan fingerprint density at radius 3 is 2.43 bits per heavy atom. The molecular weight excluding hydrogens is 440 g/mol. The molecule has 0 radical (unpaired) electrons. The number of hydrogen-bond acceptors (Lipinski definition) is 5. The third kappa shape index (κ3) is 2.80. The van der Waals surface area contributed by atoms with E-state index in [9.17, 15) is 14.4 Å². The SMILES string of the molecule is COc1ccc(C(=O)[C@@H]2[C@H](C(C)=O)N3c4ccccc4C=C[C@@H]3[C@@]23C(=O)Nc2ccccc23)cc1. The molecule has 0 unspecified atom stereocenters. The molecule has 3 heterocycles. The predicted molar refractivity (Wildman–Crippen MR) is 134 cm³/mol. The number of nitrogens with zero attached hydrogens (tertiary/aromatic N) is 1. The molecule has 1 saturated heterocycles. The molecule has 0 aromatic heterocycles. The fourth-order valence-corrected chi connectivity index (χ4v) is 6.21. The van der Waals surface area contributed by atoms with Crippen LogP contribution in [-0.4, -0.2) is 36.7 Å². The van der Waals surface area contributed by atoms with Crippen molar-refractivity contribution in [1.29, 1.82) is 0 Å². The van der Waals surface area contributed by atoms with Gasteiger partial charge >= 0.3 is 0 Å². The molecule has 3 aromatic rings. The number of ether oxygens (including phenoxy) is 1. The van der Waals surface area contributed by atoms with E-state index in [0.29, 0.717) is 17.0 Å². The van der Waals surface area contributed by atoms with Crippen LogP contribution in [0.25, 0.3) is 6.08 Å². The number of anilines is 2. The Balaban J connectivity index is 1.63. The highest BCUT2D eigenvalue weighted by Gasteiger charge is 2.69. The summed E-state index contributed by atoms with van der Waals surface area (Å²) >= 11 is 0. The zero-order valence-electron chi connectivity index (χ0n) is 19.4. The van der Waals surface area contributed by atoms with E-state index in [4.69, 9.17) is 4.74 Å². The van der Waals surface area contributed by atoms with Crippen molar-refractivity contribution < 1.29 is 19.1 Å². The average Bonchev–Trinajstić information content (AvgIpc) is 3.37. The van der Waals surface area contributed by atoms with Crippen LogP contribution in [0.4, 0.5) is 11.4 Å². The molecule has 174 valence electrons. The van der Waals surface area contributed by atoms with Crippen molar-refractivity contribution in [3.63, 3.8) is 0 Å². The third-order valence-corrected chi connectivity index (χ3v) is 7.62. The van der Waals surface area contributed by atoms with Crippen LogP contribution < -0.4 is 15.0 Å². The summed E-state index contributed by atoms with van der Waals surface area (Å²) in [6.45, 7) is 1.51. The fourth-order valence-electron chi connectivity index (χ4n) is 6.21. The number of Topliss-reactive ketones (excluding diaryl/α,β-unsaturated/α-hetero) is 2. The first-order chi connectivity index (χ1) is 17.0. The molecule has 0 bridgehead atoms. The van der Waals surface area contributed by atoms with Gasteiger partial charge in [0.25, 0.3) is 0 Å². The lowest BCUT2D eigenvalue weighted by Gasteiger charge is -2.37. The van der Waals surface area contributed by atoms with E-state index in [0.717, 1.165) is 16.8 Å². The smallest absolute Gasteiger partial charge is 0.238 e. The minimum absolute atomic E-state index is 0.152. The number of hydrogen-bond donors (Lipinski definition) is 1. The summed E-state index contributed by atoms with van der Waals surface area (Å²) in [7, 11) is 1.57. The Morgan fingerprint density at radius 2 is 1.69 bits per heavy atom. The van der Waals surface area contributed by atoms with Gasteiger partial charge in [-0.1, -0.05) is 48.6 Å². The van der Waals surface area contributed by atoms with E-state index in [1.807, 2.05) is 65.6 Å². The molecule has 6 heteroatoms. The lowest BCUT2D eigenvalue weighted by atomic mass is 9.64. The molecule has 1 amide bonds. The second kappa shape index (κ2) is 7.67. The molecule has 4 atom stereocenters. The van der Waals surface area contributed by atoms with Gasteiger partial charge in [0.05, 0.1) is 25.1 Å². The minimum atomic E-state index is -1.26. The van der Waals surface area contributed by atoms with Crippen LogP contribution in [0.3, 0.4) is 0 Å². The Morgan fingerprint density at radius 1 is 0.971 bits per heavy atom. The maximum Gasteiger partial charge on any atom is 0.238 e. The summed E-state index contributed by atoms with van der Waals surface area (Å²) in [6.07, 6.45) is 3.96. The molecule has 1 spiro atoms. The normalized spacial score (nSPS) is 25.6. The van der Waals surface area contributed by atoms with Gasteiger partial charge in [0.2, 0.25) is 5.91 Å². The van der Waals surface area contributed by atoms with Gasteiger partial charge in [-0.2, -0.15) is 0 Å². The highest BCUT2D eigenvalue weighted by atomic mass is 16.5. The second-order valence-electron chi connectivity index (χ2n) is 9.26. The van der Waals surface area contributed by atoms with E-state index in [-0.39, 0.29) is 17.5 Å². The van der Waals surface area contributed by atoms with Crippen LogP contribution in [0.15, 0.2) is 78.9 Å². The van der Waals surface area contributed by atoms with Crippen LogP contribution in [0.1, 0.15) is 28.4 Å². The van der Waals surface area contributed by atoms with Crippen molar-refractivity contribution in [2.24, 2.45) is 5.92 Å². The zero-order chi connectivity index (χ0) is 24.3. The summed E-state index contributed by atoms with van der Waals surface area (Å²) in [5.41, 5.74) is 2.42. The van der Waals surface area contributed by atoms with Gasteiger partial charge in [0.1, 0.15) is 11.2 Å². The molecule has 3 aliphatic heterocycles. The standard InChI is InChI=1S/C29H24N2O4/c1-17(32)26-25(27(33)19-11-14-20(35-2)15-12-19)29(21-8-4-5-9-22(21)30-28(29)34)24-16-13-18-7-3-6-10-23(18)31(24)26/h3-16,24-26H,1-2H3,(H,30,34)/t24-,25+,26+,29-/m1/s1. The lowest BCUT2D eigenvalue weighted by Crippen LogP contribution is -2.51. The summed E-state index contributed by atoms with van der Waals surface area (Å²) < 4.78 is 5.26. The molecule has 1 N–H and O–H groups in total. The molecule has 3 aliphatic rings. The minimum Gasteiger partial charge on any atom is -0.497 e. The number of fused-ring (bicyclic) bond motifs is 6. The van der Waals surface area contributed by atoms with Crippen molar-refractivity contribution in [2.45, 2.75) is 24.4 Å². The quantitative estimate of drug-likeness (QED) is 0.584. The second-order valence-corrected chi connectivity index (χ2v) is 9.26. The average molecular weight is 465 g/mol. The zero-order valence-corrected chi connectivity index (χ0v) is 19.4. The number of nitrogens with one attached hydrogen (secondary N) is 1. The first-order valence-electron chi connectivity index (χ1n) is 11.6. The topological polar surface area (TPSA) is 75.7 Å². The third-order valence-electron chi connectivity index (χ3n) is 7.62. The maximum atomic E-state index is 14.3. The number of para-hydroxylation sites is 2. The number of benzene rings is 3. The van der Waals surface area contributed by atoms with Gasteiger partial charge in [-0.05, 0) is 54.4 Å². The molecule has 35 heavy (non-hydrogen) atoms. The summed E-state index contributed by atoms with van der Waals surface area (Å²) in [5.74, 6) is -0.934. The van der Waals surface area contributed by atoms with E-state index < -0.39 is 23.4 Å². The van der Waals surface area contributed by atoms with Crippen LogP contribution in [0, 0.1) is 5.92 Å². The molecular formula is C29H24N2O4. The van der Waals surface area contributed by atoms with Gasteiger partial charge in [-0.3, -0.25) is 14.4 Å². The van der Waals surface area contributed by atoms with Gasteiger partial charge in [-0.15, -0.1) is 0 Å². The van der Waals surface area contributed by atoms with Crippen molar-refractivity contribution in [3.8, 4) is 5.75 Å². The van der Waals surface area contributed by atoms with Crippen molar-refractivity contribution in [2.75, 3.05) is 17.3 Å². The number of ketones is 2. The number of carbonyl (C=O) groups is 3. The Labute approximate surface area is 203 Å². The van der Waals surface area contributed by atoms with Gasteiger partial charge in [0.15, 0.2) is 11.6 Å². The molecule has 1 fully saturated rings. The van der Waals surface area contributed by atoms with Crippen molar-refractivity contribution in [3.05, 3.63) is 95.6 Å². The Hall–Kier alpha value is -4.19. The fraction of sp³-hybridized carbons (Fsp3) is 0.207. The monoisotopic (exact) mass is 464 g/mol. The van der Waals surface area contributed by atoms with Crippen LogP contribution in [-0.2, 0) is 15.0 Å². The highest BCUT2D eigenvalue weighted by Crippen LogP contribution is 2.57. The van der Waals surface area contributed by atoms with E-state index in [1.165, 1.54) is 6.92 Å². The maximum absolute atomic E-state index is 14.3. The molecule has 3 aromatic carbocycles. The molecule has 6 nitrogen and oxygen atoms in total. The predicted octanol–water partition coefficient (Wildman–Crippen LogP) is 4.26. The first kappa shape index (κ1) is 21.4. The number of methoxy groups -OCH3 is 1. The largest absolute Gasteiger partial charge is 0.497 e. The van der Waals surface area contributed by atoms with Gasteiger partial charge in [-0.25, -0.2) is 0 Å². The van der Waals surface area contributed by atoms with E-state index in [2.05, 4.69) is 5.32 Å². The van der Waals surface area contributed by atoms with E-state index in [1.54, 1.807) is 31.4 Å². The Kier molecular flexibility index (Phi) is 4.68. The summed E-state index contributed by atoms with van der Waals surface area (Å²) in [5, 5.41) is 3.02. The molecule has 0 saturated carbocycles. The van der Waals surface area contributed by atoms with Gasteiger partial charge < -0.3 is 15.0 Å². The van der Waals surface area contributed by atoms with E-state index >= 15 is 0 Å². The van der Waals surface area contributed by atoms with Crippen molar-refractivity contribution >= 4 is 34.9 Å². The van der Waals surface area contributed by atoms with Crippen LogP contribution >= 0.6 is 0 Å². The highest BCUT2D eigenvalue weighted by molar-refractivity contribution is 6.16. The van der Waals surface area contributed by atoms with Gasteiger partial charge in [0, 0.05) is 16.9 Å².